The van der Waals surface area contributed by atoms with Gasteiger partial charge in [0.2, 0.25) is 0 Å². The van der Waals surface area contributed by atoms with Gasteiger partial charge in [0, 0.05) is 30.7 Å². The lowest BCUT2D eigenvalue weighted by Crippen LogP contribution is -2.13. The Balaban J connectivity index is 1.76. The molecule has 3 heterocycles. The van der Waals surface area contributed by atoms with E-state index < -0.39 is 0 Å². The maximum absolute atomic E-state index is 4.59. The van der Waals surface area contributed by atoms with Gasteiger partial charge in [0.05, 0.1) is 17.4 Å². The first-order valence-corrected chi connectivity index (χ1v) is 8.55. The summed E-state index contributed by atoms with van der Waals surface area (Å²) in [5, 5.41) is 8.76. The van der Waals surface area contributed by atoms with Crippen molar-refractivity contribution >= 4 is 0 Å². The van der Waals surface area contributed by atoms with Crippen molar-refractivity contribution in [1.82, 2.24) is 34.1 Å². The van der Waals surface area contributed by atoms with Gasteiger partial charge < -0.3 is 4.57 Å². The maximum atomic E-state index is 4.59. The first-order chi connectivity index (χ1) is 12.5. The molecular formula is C19H21N7. The second-order valence-corrected chi connectivity index (χ2v) is 6.47. The second-order valence-electron chi connectivity index (χ2n) is 6.47. The Hall–Kier alpha value is -3.22. The summed E-state index contributed by atoms with van der Waals surface area (Å²) >= 11 is 0. The largest absolute Gasteiger partial charge is 0.321 e. The minimum absolute atomic E-state index is 0.0253. The standard InChI is InChI=1S/C19H21N7/c1-13-10-14(2)26(23-13)17-7-5-6-16(11-17)19-20-8-9-25(19)15(3)18-21-12-22-24(18)4/h5-12,15H,1-4H3/t15-/m0/s1. The Labute approximate surface area is 152 Å². The molecule has 0 bridgehead atoms. The van der Waals surface area contributed by atoms with Gasteiger partial charge in [-0.2, -0.15) is 10.2 Å². The average Bonchev–Trinajstić information content (AvgIpc) is 3.34. The predicted molar refractivity (Wildman–Crippen MR) is 99.1 cm³/mol. The van der Waals surface area contributed by atoms with Gasteiger partial charge in [0.15, 0.2) is 0 Å². The minimum atomic E-state index is 0.0253. The summed E-state index contributed by atoms with van der Waals surface area (Å²) in [5.74, 6) is 1.78. The third kappa shape index (κ3) is 2.71. The molecule has 0 amide bonds. The van der Waals surface area contributed by atoms with Gasteiger partial charge in [-0.25, -0.2) is 14.6 Å². The van der Waals surface area contributed by atoms with Gasteiger partial charge in [-0.15, -0.1) is 0 Å². The molecule has 7 heteroatoms. The van der Waals surface area contributed by atoms with Crippen molar-refractivity contribution in [1.29, 1.82) is 0 Å². The highest BCUT2D eigenvalue weighted by molar-refractivity contribution is 5.60. The number of benzene rings is 1. The lowest BCUT2D eigenvalue weighted by Gasteiger charge is -2.16. The fraction of sp³-hybridized carbons (Fsp3) is 0.263. The van der Waals surface area contributed by atoms with Crippen LogP contribution in [0.1, 0.15) is 30.2 Å². The van der Waals surface area contributed by atoms with Crippen LogP contribution in [0.4, 0.5) is 0 Å². The summed E-state index contributed by atoms with van der Waals surface area (Å²) in [6.07, 6.45) is 5.37. The third-order valence-corrected chi connectivity index (χ3v) is 4.56. The van der Waals surface area contributed by atoms with E-state index in [1.165, 1.54) is 0 Å². The van der Waals surface area contributed by atoms with Gasteiger partial charge in [-0.05, 0) is 39.0 Å². The Morgan fingerprint density at radius 1 is 1.08 bits per heavy atom. The van der Waals surface area contributed by atoms with E-state index in [2.05, 4.69) is 62.8 Å². The summed E-state index contributed by atoms with van der Waals surface area (Å²) < 4.78 is 5.86. The van der Waals surface area contributed by atoms with Gasteiger partial charge in [0.25, 0.3) is 0 Å². The van der Waals surface area contributed by atoms with Gasteiger partial charge >= 0.3 is 0 Å². The number of nitrogens with zero attached hydrogens (tertiary/aromatic N) is 7. The Morgan fingerprint density at radius 3 is 2.62 bits per heavy atom. The molecule has 0 N–H and O–H groups in total. The molecule has 4 aromatic rings. The van der Waals surface area contributed by atoms with Crippen molar-refractivity contribution in [3.63, 3.8) is 0 Å². The molecule has 4 rings (SSSR count). The number of imidazole rings is 1. The number of aromatic nitrogens is 7. The van der Waals surface area contributed by atoms with Crippen LogP contribution in [0.5, 0.6) is 0 Å². The number of rotatable bonds is 4. The molecule has 0 spiro atoms. The van der Waals surface area contributed by atoms with Gasteiger partial charge in [-0.3, -0.25) is 4.68 Å². The molecule has 0 aliphatic rings. The highest BCUT2D eigenvalue weighted by Gasteiger charge is 2.18. The smallest absolute Gasteiger partial charge is 0.149 e. The fourth-order valence-corrected chi connectivity index (χ4v) is 3.32. The molecule has 0 aliphatic heterocycles. The van der Waals surface area contributed by atoms with Crippen molar-refractivity contribution in [3.05, 3.63) is 66.3 Å². The molecule has 7 nitrogen and oxygen atoms in total. The fourth-order valence-electron chi connectivity index (χ4n) is 3.32. The maximum Gasteiger partial charge on any atom is 0.149 e. The molecule has 132 valence electrons. The monoisotopic (exact) mass is 347 g/mol. The number of hydrogen-bond acceptors (Lipinski definition) is 4. The first kappa shape index (κ1) is 16.3. The molecule has 1 atom stereocenters. The highest BCUT2D eigenvalue weighted by Crippen LogP contribution is 2.26. The molecule has 26 heavy (non-hydrogen) atoms. The van der Waals surface area contributed by atoms with E-state index in [9.17, 15) is 0 Å². The zero-order chi connectivity index (χ0) is 18.3. The molecule has 0 aliphatic carbocycles. The molecule has 0 radical (unpaired) electrons. The third-order valence-electron chi connectivity index (χ3n) is 4.56. The van der Waals surface area contributed by atoms with E-state index in [0.29, 0.717) is 0 Å². The molecular weight excluding hydrogens is 326 g/mol. The van der Waals surface area contributed by atoms with E-state index in [4.69, 9.17) is 0 Å². The highest BCUT2D eigenvalue weighted by atomic mass is 15.3. The zero-order valence-electron chi connectivity index (χ0n) is 15.3. The molecule has 1 aromatic carbocycles. The Bertz CT molecular complexity index is 1050. The van der Waals surface area contributed by atoms with Crippen molar-refractivity contribution in [2.75, 3.05) is 0 Å². The van der Waals surface area contributed by atoms with Crippen molar-refractivity contribution in [3.8, 4) is 17.1 Å². The molecule has 0 saturated carbocycles. The topological polar surface area (TPSA) is 66.3 Å². The van der Waals surface area contributed by atoms with Crippen molar-refractivity contribution < 1.29 is 0 Å². The molecule has 3 aromatic heterocycles. The molecule has 0 unspecified atom stereocenters. The summed E-state index contributed by atoms with van der Waals surface area (Å²) in [7, 11) is 1.90. The van der Waals surface area contributed by atoms with Gasteiger partial charge in [-0.1, -0.05) is 12.1 Å². The van der Waals surface area contributed by atoms with E-state index in [1.807, 2.05) is 37.1 Å². The van der Waals surface area contributed by atoms with Crippen LogP contribution in [0.2, 0.25) is 0 Å². The minimum Gasteiger partial charge on any atom is -0.321 e. The van der Waals surface area contributed by atoms with Crippen LogP contribution in [0.15, 0.2) is 49.1 Å². The van der Waals surface area contributed by atoms with E-state index in [1.54, 1.807) is 11.0 Å². The van der Waals surface area contributed by atoms with Crippen LogP contribution >= 0.6 is 0 Å². The summed E-state index contributed by atoms with van der Waals surface area (Å²) in [4.78, 5) is 8.96. The average molecular weight is 347 g/mol. The summed E-state index contributed by atoms with van der Waals surface area (Å²) in [6, 6.07) is 10.4. The SMILES string of the molecule is Cc1cc(C)n(-c2cccc(-c3nccn3[C@@H](C)c3ncnn3C)c2)n1. The molecule has 0 fully saturated rings. The van der Waals surface area contributed by atoms with Crippen LogP contribution in [0, 0.1) is 13.8 Å². The normalized spacial score (nSPS) is 12.5. The van der Waals surface area contributed by atoms with E-state index in [-0.39, 0.29) is 6.04 Å². The lowest BCUT2D eigenvalue weighted by molar-refractivity contribution is 0.560. The quantitative estimate of drug-likeness (QED) is 0.569. The van der Waals surface area contributed by atoms with E-state index in [0.717, 1.165) is 34.3 Å². The van der Waals surface area contributed by atoms with Crippen LogP contribution in [0.3, 0.4) is 0 Å². The van der Waals surface area contributed by atoms with Crippen molar-refractivity contribution in [2.45, 2.75) is 26.8 Å². The van der Waals surface area contributed by atoms with Crippen LogP contribution in [0.25, 0.3) is 17.1 Å². The van der Waals surface area contributed by atoms with E-state index >= 15 is 0 Å². The zero-order valence-corrected chi connectivity index (χ0v) is 15.3. The summed E-state index contributed by atoms with van der Waals surface area (Å²) in [5.41, 5.74) is 4.17. The van der Waals surface area contributed by atoms with Crippen LogP contribution in [-0.2, 0) is 7.05 Å². The predicted octanol–water partition coefficient (Wildman–Crippen LogP) is 3.09. The second kappa shape index (κ2) is 6.25. The van der Waals surface area contributed by atoms with Crippen LogP contribution < -0.4 is 0 Å². The number of aryl methyl sites for hydroxylation is 3. The Morgan fingerprint density at radius 2 is 1.92 bits per heavy atom. The molecule has 0 saturated heterocycles. The van der Waals surface area contributed by atoms with Crippen LogP contribution in [-0.4, -0.2) is 34.1 Å². The lowest BCUT2D eigenvalue weighted by atomic mass is 10.1. The first-order valence-electron chi connectivity index (χ1n) is 8.55. The number of hydrogen-bond donors (Lipinski definition) is 0. The van der Waals surface area contributed by atoms with Crippen molar-refractivity contribution in [2.24, 2.45) is 7.05 Å². The Kier molecular flexibility index (Phi) is 3.91. The van der Waals surface area contributed by atoms with Gasteiger partial charge in [0.1, 0.15) is 18.0 Å². The summed E-state index contributed by atoms with van der Waals surface area (Å²) in [6.45, 7) is 6.16.